The van der Waals surface area contributed by atoms with Crippen molar-refractivity contribution < 1.29 is 19.0 Å². The smallest absolute Gasteiger partial charge is 0.257 e. The highest BCUT2D eigenvalue weighted by Crippen LogP contribution is 2.10. The second-order valence-electron chi connectivity index (χ2n) is 4.33. The summed E-state index contributed by atoms with van der Waals surface area (Å²) in [6.07, 6.45) is 1.58. The molecule has 1 unspecified atom stereocenters. The number of nitrogens with one attached hydrogen (secondary N) is 1. The first-order valence-corrected chi connectivity index (χ1v) is 6.41. The quantitative estimate of drug-likeness (QED) is 0.755. The molecule has 0 saturated carbocycles. The first-order chi connectivity index (χ1) is 9.15. The van der Waals surface area contributed by atoms with Gasteiger partial charge < -0.3 is 15.2 Å². The summed E-state index contributed by atoms with van der Waals surface area (Å²) in [5, 5.41) is 11.6. The molecule has 0 bridgehead atoms. The van der Waals surface area contributed by atoms with Gasteiger partial charge in [-0.15, -0.1) is 0 Å². The number of aliphatic hydroxyl groups excluding tert-OH is 1. The molecule has 5 heteroatoms. The molecule has 0 radical (unpaired) electrons. The Hall–Kier alpha value is -1.62. The first-order valence-electron chi connectivity index (χ1n) is 6.41. The van der Waals surface area contributed by atoms with E-state index in [1.807, 2.05) is 6.92 Å². The van der Waals surface area contributed by atoms with E-state index in [9.17, 15) is 9.18 Å². The van der Waals surface area contributed by atoms with Gasteiger partial charge in [-0.05, 0) is 36.6 Å². The molecule has 106 valence electrons. The van der Waals surface area contributed by atoms with E-state index in [-0.39, 0.29) is 30.9 Å². The molecule has 0 aromatic heterocycles. The summed E-state index contributed by atoms with van der Waals surface area (Å²) in [6, 6.07) is 5.51. The van der Waals surface area contributed by atoms with Crippen LogP contribution in [0.2, 0.25) is 0 Å². The summed E-state index contributed by atoms with van der Waals surface area (Å²) >= 11 is 0. The summed E-state index contributed by atoms with van der Waals surface area (Å²) in [7, 11) is 0. The van der Waals surface area contributed by atoms with Gasteiger partial charge in [0.2, 0.25) is 0 Å². The van der Waals surface area contributed by atoms with Crippen LogP contribution in [0.15, 0.2) is 24.3 Å². The van der Waals surface area contributed by atoms with Crippen LogP contribution in [-0.4, -0.2) is 30.8 Å². The number of halogens is 1. The third-order valence-electron chi connectivity index (χ3n) is 2.89. The van der Waals surface area contributed by atoms with Gasteiger partial charge in [0.15, 0.2) is 6.61 Å². The van der Waals surface area contributed by atoms with Crippen molar-refractivity contribution in [2.24, 2.45) is 5.92 Å². The standard InChI is InChI=1S/C14H20FNO3/c1-2-11(7-8-17)9-16-14(18)10-19-13-5-3-12(15)4-6-13/h3-6,11,17H,2,7-10H2,1H3,(H,16,18). The van der Waals surface area contributed by atoms with Crippen molar-refractivity contribution in [3.63, 3.8) is 0 Å². The van der Waals surface area contributed by atoms with Crippen LogP contribution in [0.3, 0.4) is 0 Å². The third kappa shape index (κ3) is 6.20. The summed E-state index contributed by atoms with van der Waals surface area (Å²) in [6.45, 7) is 2.58. The lowest BCUT2D eigenvalue weighted by Crippen LogP contribution is -2.33. The Labute approximate surface area is 112 Å². The van der Waals surface area contributed by atoms with Crippen LogP contribution in [0.25, 0.3) is 0 Å². The minimum Gasteiger partial charge on any atom is -0.484 e. The van der Waals surface area contributed by atoms with Crippen LogP contribution >= 0.6 is 0 Å². The molecular formula is C14H20FNO3. The summed E-state index contributed by atoms with van der Waals surface area (Å²) in [5.41, 5.74) is 0. The van der Waals surface area contributed by atoms with Gasteiger partial charge in [-0.1, -0.05) is 13.3 Å². The fourth-order valence-corrected chi connectivity index (χ4v) is 1.62. The van der Waals surface area contributed by atoms with Crippen LogP contribution in [0.1, 0.15) is 19.8 Å². The maximum atomic E-state index is 12.7. The minimum absolute atomic E-state index is 0.0960. The van der Waals surface area contributed by atoms with Crippen LogP contribution in [0.4, 0.5) is 4.39 Å². The molecular weight excluding hydrogens is 249 g/mol. The van der Waals surface area contributed by atoms with E-state index < -0.39 is 0 Å². The fourth-order valence-electron chi connectivity index (χ4n) is 1.62. The lowest BCUT2D eigenvalue weighted by atomic mass is 10.0. The van der Waals surface area contributed by atoms with Gasteiger partial charge in [0.1, 0.15) is 11.6 Å². The van der Waals surface area contributed by atoms with E-state index in [0.29, 0.717) is 18.7 Å². The van der Waals surface area contributed by atoms with Gasteiger partial charge in [-0.2, -0.15) is 0 Å². The van der Waals surface area contributed by atoms with E-state index in [2.05, 4.69) is 5.32 Å². The van der Waals surface area contributed by atoms with Crippen molar-refractivity contribution in [1.82, 2.24) is 5.32 Å². The maximum Gasteiger partial charge on any atom is 0.257 e. The topological polar surface area (TPSA) is 58.6 Å². The number of benzene rings is 1. The Morgan fingerprint density at radius 3 is 2.68 bits per heavy atom. The predicted molar refractivity (Wildman–Crippen MR) is 70.4 cm³/mol. The largest absolute Gasteiger partial charge is 0.484 e. The van der Waals surface area contributed by atoms with Crippen molar-refractivity contribution in [3.05, 3.63) is 30.1 Å². The Morgan fingerprint density at radius 2 is 2.11 bits per heavy atom. The van der Waals surface area contributed by atoms with E-state index in [0.717, 1.165) is 6.42 Å². The highest BCUT2D eigenvalue weighted by Gasteiger charge is 2.08. The van der Waals surface area contributed by atoms with E-state index in [1.165, 1.54) is 24.3 Å². The number of rotatable bonds is 8. The van der Waals surface area contributed by atoms with Gasteiger partial charge in [0.25, 0.3) is 5.91 Å². The Balaban J connectivity index is 2.25. The molecule has 2 N–H and O–H groups in total. The zero-order valence-corrected chi connectivity index (χ0v) is 11.1. The minimum atomic E-state index is -0.341. The Bertz CT molecular complexity index is 381. The van der Waals surface area contributed by atoms with Crippen molar-refractivity contribution in [3.8, 4) is 5.75 Å². The van der Waals surface area contributed by atoms with Crippen molar-refractivity contribution in [2.45, 2.75) is 19.8 Å². The molecule has 0 aliphatic heterocycles. The monoisotopic (exact) mass is 269 g/mol. The molecule has 1 amide bonds. The van der Waals surface area contributed by atoms with Crippen molar-refractivity contribution in [2.75, 3.05) is 19.8 Å². The molecule has 19 heavy (non-hydrogen) atoms. The number of amides is 1. The van der Waals surface area contributed by atoms with Crippen LogP contribution in [0.5, 0.6) is 5.75 Å². The molecule has 0 aliphatic rings. The van der Waals surface area contributed by atoms with Crippen LogP contribution in [-0.2, 0) is 4.79 Å². The molecule has 0 saturated heterocycles. The van der Waals surface area contributed by atoms with Gasteiger partial charge in [-0.3, -0.25) is 4.79 Å². The number of carbonyl (C=O) groups excluding carboxylic acids is 1. The van der Waals surface area contributed by atoms with E-state index >= 15 is 0 Å². The molecule has 0 fully saturated rings. The molecule has 0 heterocycles. The number of hydrogen-bond acceptors (Lipinski definition) is 3. The summed E-state index contributed by atoms with van der Waals surface area (Å²) in [5.74, 6) is 0.172. The van der Waals surface area contributed by atoms with Crippen molar-refractivity contribution in [1.29, 1.82) is 0 Å². The Kier molecular flexibility index (Phi) is 6.89. The van der Waals surface area contributed by atoms with E-state index in [4.69, 9.17) is 9.84 Å². The molecule has 1 rings (SSSR count). The third-order valence-corrected chi connectivity index (χ3v) is 2.89. The predicted octanol–water partition coefficient (Wildman–Crippen LogP) is 1.73. The fraction of sp³-hybridized carbons (Fsp3) is 0.500. The lowest BCUT2D eigenvalue weighted by Gasteiger charge is -2.14. The van der Waals surface area contributed by atoms with Gasteiger partial charge >= 0.3 is 0 Å². The number of carbonyl (C=O) groups is 1. The first kappa shape index (κ1) is 15.4. The highest BCUT2D eigenvalue weighted by molar-refractivity contribution is 5.77. The van der Waals surface area contributed by atoms with Gasteiger partial charge in [0, 0.05) is 13.2 Å². The average Bonchev–Trinajstić information content (AvgIpc) is 2.42. The maximum absolute atomic E-state index is 12.7. The molecule has 1 aromatic carbocycles. The van der Waals surface area contributed by atoms with E-state index in [1.54, 1.807) is 0 Å². The van der Waals surface area contributed by atoms with Crippen LogP contribution in [0, 0.1) is 11.7 Å². The summed E-state index contributed by atoms with van der Waals surface area (Å²) < 4.78 is 17.9. The molecule has 1 aromatic rings. The number of aliphatic hydroxyl groups is 1. The second-order valence-corrected chi connectivity index (χ2v) is 4.33. The van der Waals surface area contributed by atoms with Crippen molar-refractivity contribution >= 4 is 5.91 Å². The zero-order chi connectivity index (χ0) is 14.1. The van der Waals surface area contributed by atoms with Gasteiger partial charge in [0.05, 0.1) is 0 Å². The lowest BCUT2D eigenvalue weighted by molar-refractivity contribution is -0.123. The number of ether oxygens (including phenoxy) is 1. The van der Waals surface area contributed by atoms with Gasteiger partial charge in [-0.25, -0.2) is 4.39 Å². The zero-order valence-electron chi connectivity index (χ0n) is 11.1. The second kappa shape index (κ2) is 8.48. The highest BCUT2D eigenvalue weighted by atomic mass is 19.1. The normalized spacial score (nSPS) is 11.9. The molecule has 4 nitrogen and oxygen atoms in total. The average molecular weight is 269 g/mol. The Morgan fingerprint density at radius 1 is 1.42 bits per heavy atom. The molecule has 1 atom stereocenters. The molecule has 0 aliphatic carbocycles. The molecule has 0 spiro atoms. The number of hydrogen-bond donors (Lipinski definition) is 2. The summed E-state index contributed by atoms with van der Waals surface area (Å²) in [4.78, 5) is 11.5. The van der Waals surface area contributed by atoms with Crippen LogP contribution < -0.4 is 10.1 Å². The SMILES string of the molecule is CCC(CCO)CNC(=O)COc1ccc(F)cc1.